The molecular weight excluding hydrogens is 440 g/mol. The number of nitrogens with zero attached hydrogens (tertiary/aromatic N) is 4. The average Bonchev–Trinajstić information content (AvgIpc) is 3.23. The van der Waals surface area contributed by atoms with Gasteiger partial charge < -0.3 is 4.42 Å². The Morgan fingerprint density at radius 3 is 1.83 bits per heavy atom. The van der Waals surface area contributed by atoms with Gasteiger partial charge in [-0.2, -0.15) is 0 Å². The first-order valence-electron chi connectivity index (χ1n) is 9.43. The van der Waals surface area contributed by atoms with Crippen LogP contribution in [0.3, 0.4) is 0 Å². The minimum Gasteiger partial charge on any atom is -0.416 e. The van der Waals surface area contributed by atoms with Gasteiger partial charge in [-0.3, -0.25) is 0 Å². The maximum atomic E-state index is 5.88. The molecule has 0 aliphatic rings. The predicted octanol–water partition coefficient (Wildman–Crippen LogP) is 5.65. The van der Waals surface area contributed by atoms with Crippen molar-refractivity contribution in [1.29, 1.82) is 0 Å². The van der Waals surface area contributed by atoms with Crippen molar-refractivity contribution < 1.29 is 4.42 Å². The number of hydrogen-bond donors (Lipinski definition) is 0. The number of benzene rings is 2. The molecule has 148 valence electrons. The molecule has 2 heterocycles. The fraction of sp³-hybridized carbons (Fsp3) is 0.167. The van der Waals surface area contributed by atoms with E-state index in [-0.39, 0.29) is 5.41 Å². The molecule has 4 rings (SSSR count). The molecule has 2 aromatic carbocycles. The van der Waals surface area contributed by atoms with Crippen molar-refractivity contribution in [3.05, 3.63) is 82.3 Å². The minimum absolute atomic E-state index is 0.104. The van der Waals surface area contributed by atoms with E-state index in [0.29, 0.717) is 17.6 Å². The van der Waals surface area contributed by atoms with Crippen LogP contribution in [-0.4, -0.2) is 20.2 Å². The van der Waals surface area contributed by atoms with Gasteiger partial charge in [0.1, 0.15) is 0 Å². The lowest BCUT2D eigenvalue weighted by atomic mass is 9.87. The van der Waals surface area contributed by atoms with E-state index in [1.807, 2.05) is 36.4 Å². The van der Waals surface area contributed by atoms with Crippen LogP contribution in [0.4, 0.5) is 0 Å². The van der Waals surface area contributed by atoms with Gasteiger partial charge in [0.05, 0.1) is 4.47 Å². The third-order valence-electron chi connectivity index (χ3n) is 4.49. The zero-order valence-electron chi connectivity index (χ0n) is 16.8. The van der Waals surface area contributed by atoms with Crippen LogP contribution in [0, 0.1) is 11.8 Å². The summed E-state index contributed by atoms with van der Waals surface area (Å²) in [5.41, 5.74) is 3.95. The molecule has 30 heavy (non-hydrogen) atoms. The van der Waals surface area contributed by atoms with Crippen LogP contribution in [0.25, 0.3) is 22.9 Å². The van der Waals surface area contributed by atoms with Crippen LogP contribution in [0.1, 0.15) is 37.7 Å². The Balaban J connectivity index is 1.50. The van der Waals surface area contributed by atoms with E-state index in [2.05, 4.69) is 80.8 Å². The van der Waals surface area contributed by atoms with Crippen LogP contribution in [0.15, 0.2) is 69.8 Å². The highest BCUT2D eigenvalue weighted by Crippen LogP contribution is 2.27. The minimum atomic E-state index is 0.104. The average molecular weight is 459 g/mol. The summed E-state index contributed by atoms with van der Waals surface area (Å²) >= 11 is 3.31. The lowest BCUT2D eigenvalue weighted by Gasteiger charge is -2.18. The molecule has 0 fully saturated rings. The van der Waals surface area contributed by atoms with Crippen LogP contribution in [0.5, 0.6) is 0 Å². The standard InChI is InChI=1S/C24H19BrN4O/c1-24(2,3)19-11-9-18(10-12-19)23-29-28-22(30-23)17-7-4-16(5-8-17)6-13-21-26-14-20(25)15-27-21/h4-5,7-12,14-15H,1-3H3. The molecule has 0 spiro atoms. The number of hydrogen-bond acceptors (Lipinski definition) is 5. The number of rotatable bonds is 2. The van der Waals surface area contributed by atoms with Gasteiger partial charge in [0.15, 0.2) is 0 Å². The van der Waals surface area contributed by atoms with Crippen LogP contribution in [0.2, 0.25) is 0 Å². The third-order valence-corrected chi connectivity index (χ3v) is 4.90. The van der Waals surface area contributed by atoms with Crippen molar-refractivity contribution >= 4 is 15.9 Å². The van der Waals surface area contributed by atoms with Crippen molar-refractivity contribution in [2.45, 2.75) is 26.2 Å². The summed E-state index contributed by atoms with van der Waals surface area (Å²) in [7, 11) is 0. The lowest BCUT2D eigenvalue weighted by Crippen LogP contribution is -2.10. The summed E-state index contributed by atoms with van der Waals surface area (Å²) in [6.45, 7) is 6.56. The first kappa shape index (κ1) is 20.0. The Hall–Kier alpha value is -3.30. The van der Waals surface area contributed by atoms with Crippen molar-refractivity contribution in [2.75, 3.05) is 0 Å². The molecule has 0 saturated heterocycles. The van der Waals surface area contributed by atoms with Crippen LogP contribution in [-0.2, 0) is 5.41 Å². The van der Waals surface area contributed by atoms with Crippen molar-refractivity contribution in [3.8, 4) is 34.7 Å². The summed E-state index contributed by atoms with van der Waals surface area (Å²) in [5, 5.41) is 8.38. The fourth-order valence-corrected chi connectivity index (χ4v) is 2.98. The lowest BCUT2D eigenvalue weighted by molar-refractivity contribution is 0.582. The van der Waals surface area contributed by atoms with Crippen molar-refractivity contribution in [1.82, 2.24) is 20.2 Å². The number of aromatic nitrogens is 4. The molecule has 4 aromatic rings. The van der Waals surface area contributed by atoms with Gasteiger partial charge >= 0.3 is 0 Å². The second-order valence-electron chi connectivity index (χ2n) is 7.79. The topological polar surface area (TPSA) is 64.7 Å². The van der Waals surface area contributed by atoms with E-state index in [9.17, 15) is 0 Å². The van der Waals surface area contributed by atoms with E-state index in [1.54, 1.807) is 12.4 Å². The highest BCUT2D eigenvalue weighted by molar-refractivity contribution is 9.10. The Morgan fingerprint density at radius 2 is 1.30 bits per heavy atom. The summed E-state index contributed by atoms with van der Waals surface area (Å²) < 4.78 is 6.70. The zero-order valence-corrected chi connectivity index (χ0v) is 18.4. The molecule has 0 aliphatic heterocycles. The second kappa shape index (κ2) is 8.21. The van der Waals surface area contributed by atoms with Crippen LogP contribution >= 0.6 is 15.9 Å². The molecule has 0 N–H and O–H groups in total. The molecule has 5 nitrogen and oxygen atoms in total. The first-order valence-corrected chi connectivity index (χ1v) is 10.2. The summed E-state index contributed by atoms with van der Waals surface area (Å²) in [4.78, 5) is 8.29. The van der Waals surface area contributed by atoms with Gasteiger partial charge in [0, 0.05) is 29.1 Å². The third kappa shape index (κ3) is 4.64. The predicted molar refractivity (Wildman–Crippen MR) is 120 cm³/mol. The molecule has 0 aliphatic carbocycles. The summed E-state index contributed by atoms with van der Waals surface area (Å²) in [6, 6.07) is 15.9. The van der Waals surface area contributed by atoms with Crippen LogP contribution < -0.4 is 0 Å². The first-order chi connectivity index (χ1) is 14.4. The Morgan fingerprint density at radius 1 is 0.767 bits per heavy atom. The summed E-state index contributed by atoms with van der Waals surface area (Å²) in [5.74, 6) is 7.44. The molecule has 0 saturated carbocycles. The molecule has 0 amide bonds. The molecule has 2 aromatic heterocycles. The Bertz CT molecular complexity index is 1210. The Labute approximate surface area is 183 Å². The maximum absolute atomic E-state index is 5.88. The quantitative estimate of drug-likeness (QED) is 0.363. The summed E-state index contributed by atoms with van der Waals surface area (Å²) in [6.07, 6.45) is 3.34. The highest BCUT2D eigenvalue weighted by atomic mass is 79.9. The van der Waals surface area contributed by atoms with Crippen molar-refractivity contribution in [3.63, 3.8) is 0 Å². The van der Waals surface area contributed by atoms with E-state index < -0.39 is 0 Å². The largest absolute Gasteiger partial charge is 0.416 e. The smallest absolute Gasteiger partial charge is 0.248 e. The fourth-order valence-electron chi connectivity index (χ4n) is 2.77. The van der Waals surface area contributed by atoms with Gasteiger partial charge in [-0.05, 0) is 69.2 Å². The Kier molecular flexibility index (Phi) is 5.47. The molecule has 0 atom stereocenters. The SMILES string of the molecule is CC(C)(C)c1ccc(-c2nnc(-c3ccc(C#Cc4ncc(Br)cn4)cc3)o2)cc1. The molecule has 0 radical (unpaired) electrons. The van der Waals surface area contributed by atoms with E-state index in [4.69, 9.17) is 4.42 Å². The molecule has 0 bridgehead atoms. The second-order valence-corrected chi connectivity index (χ2v) is 8.71. The van der Waals surface area contributed by atoms with E-state index in [0.717, 1.165) is 21.2 Å². The normalized spacial score (nSPS) is 11.1. The molecule has 0 unspecified atom stereocenters. The molecular formula is C24H19BrN4O. The van der Waals surface area contributed by atoms with Gasteiger partial charge in [0.2, 0.25) is 17.6 Å². The van der Waals surface area contributed by atoms with Gasteiger partial charge in [-0.25, -0.2) is 9.97 Å². The van der Waals surface area contributed by atoms with Gasteiger partial charge in [-0.15, -0.1) is 10.2 Å². The van der Waals surface area contributed by atoms with Gasteiger partial charge in [-0.1, -0.05) is 38.8 Å². The van der Waals surface area contributed by atoms with E-state index >= 15 is 0 Å². The number of halogens is 1. The zero-order chi connectivity index (χ0) is 21.1. The monoisotopic (exact) mass is 458 g/mol. The van der Waals surface area contributed by atoms with Crippen molar-refractivity contribution in [2.24, 2.45) is 0 Å². The van der Waals surface area contributed by atoms with E-state index in [1.165, 1.54) is 5.56 Å². The molecule has 6 heteroatoms. The highest BCUT2D eigenvalue weighted by Gasteiger charge is 2.15. The maximum Gasteiger partial charge on any atom is 0.248 e. The van der Waals surface area contributed by atoms with Gasteiger partial charge in [0.25, 0.3) is 0 Å².